The van der Waals surface area contributed by atoms with Gasteiger partial charge in [0.1, 0.15) is 16.6 Å². The summed E-state index contributed by atoms with van der Waals surface area (Å²) in [6.45, 7) is 6.64. The first-order valence-electron chi connectivity index (χ1n) is 6.31. The lowest BCUT2D eigenvalue weighted by molar-refractivity contribution is 0.298. The fraction of sp³-hybridized carbons (Fsp3) is 0.571. The minimum absolute atomic E-state index is 0.104. The van der Waals surface area contributed by atoms with Crippen LogP contribution in [-0.2, 0) is 6.42 Å². The zero-order valence-corrected chi connectivity index (χ0v) is 11.5. The normalized spacial score (nSPS) is 13.9. The molecule has 17 heavy (non-hydrogen) atoms. The second kappa shape index (κ2) is 6.85. The van der Waals surface area contributed by atoms with Gasteiger partial charge < -0.3 is 4.74 Å². The minimum Gasteiger partial charge on any atom is -0.492 e. The molecule has 1 saturated carbocycles. The van der Waals surface area contributed by atoms with Crippen molar-refractivity contribution in [1.82, 2.24) is 0 Å². The molecule has 0 radical (unpaired) electrons. The van der Waals surface area contributed by atoms with E-state index in [2.05, 4.69) is 0 Å². The molecule has 0 N–H and O–H groups in total. The molecular formula is C14H20ClFO. The van der Waals surface area contributed by atoms with Crippen molar-refractivity contribution in [2.45, 2.75) is 40.0 Å². The van der Waals surface area contributed by atoms with Crippen LogP contribution < -0.4 is 4.74 Å². The summed E-state index contributed by atoms with van der Waals surface area (Å²) in [5, 5.41) is 0.104. The predicted molar refractivity (Wildman–Crippen MR) is 70.4 cm³/mol. The van der Waals surface area contributed by atoms with Crippen LogP contribution >= 0.6 is 11.6 Å². The molecule has 0 unspecified atom stereocenters. The average molecular weight is 259 g/mol. The molecule has 1 aromatic rings. The van der Waals surface area contributed by atoms with Crippen LogP contribution in [0, 0.1) is 11.7 Å². The average Bonchev–Trinajstić information content (AvgIpc) is 3.17. The molecule has 0 heterocycles. The van der Waals surface area contributed by atoms with Gasteiger partial charge in [-0.15, -0.1) is 0 Å². The Labute approximate surface area is 108 Å². The summed E-state index contributed by atoms with van der Waals surface area (Å²) in [5.74, 6) is 0.747. The number of ether oxygens (including phenoxy) is 1. The third-order valence-corrected chi connectivity index (χ3v) is 3.00. The van der Waals surface area contributed by atoms with Gasteiger partial charge in [-0.2, -0.15) is 0 Å². The number of halogens is 2. The summed E-state index contributed by atoms with van der Waals surface area (Å²) in [4.78, 5) is 0. The van der Waals surface area contributed by atoms with Crippen LogP contribution in [0.2, 0.25) is 5.02 Å². The first-order chi connectivity index (χ1) is 8.20. The van der Waals surface area contributed by atoms with E-state index in [9.17, 15) is 4.39 Å². The van der Waals surface area contributed by atoms with Crippen LogP contribution in [-0.4, -0.2) is 6.61 Å². The molecule has 1 aliphatic rings. The Morgan fingerprint density at radius 2 is 2.00 bits per heavy atom. The SMILES string of the molecule is CC.CCc1cc(F)c(Cl)c(OCC2CC2)c1. The van der Waals surface area contributed by atoms with Crippen molar-refractivity contribution in [3.8, 4) is 5.75 Å². The van der Waals surface area contributed by atoms with Crippen molar-refractivity contribution in [3.05, 3.63) is 28.5 Å². The van der Waals surface area contributed by atoms with E-state index in [0.29, 0.717) is 18.3 Å². The first-order valence-corrected chi connectivity index (χ1v) is 6.69. The maximum absolute atomic E-state index is 13.4. The quantitative estimate of drug-likeness (QED) is 0.750. The van der Waals surface area contributed by atoms with Gasteiger partial charge in [0, 0.05) is 0 Å². The molecule has 0 aliphatic heterocycles. The summed E-state index contributed by atoms with van der Waals surface area (Å²) in [7, 11) is 0. The molecule has 96 valence electrons. The summed E-state index contributed by atoms with van der Waals surface area (Å²) in [6.07, 6.45) is 3.22. The van der Waals surface area contributed by atoms with Crippen molar-refractivity contribution in [3.63, 3.8) is 0 Å². The largest absolute Gasteiger partial charge is 0.492 e. The number of benzene rings is 1. The molecular weight excluding hydrogens is 239 g/mol. The molecule has 0 saturated heterocycles. The highest BCUT2D eigenvalue weighted by atomic mass is 35.5. The smallest absolute Gasteiger partial charge is 0.145 e. The number of rotatable bonds is 4. The second-order valence-electron chi connectivity index (χ2n) is 4.00. The summed E-state index contributed by atoms with van der Waals surface area (Å²) >= 11 is 5.83. The maximum Gasteiger partial charge on any atom is 0.145 e. The Morgan fingerprint density at radius 1 is 1.35 bits per heavy atom. The van der Waals surface area contributed by atoms with Crippen molar-refractivity contribution < 1.29 is 9.13 Å². The van der Waals surface area contributed by atoms with Crippen molar-refractivity contribution in [2.75, 3.05) is 6.61 Å². The molecule has 1 fully saturated rings. The van der Waals surface area contributed by atoms with Gasteiger partial charge in [-0.25, -0.2) is 4.39 Å². The second-order valence-corrected chi connectivity index (χ2v) is 4.38. The topological polar surface area (TPSA) is 9.23 Å². The molecule has 1 nitrogen and oxygen atoms in total. The summed E-state index contributed by atoms with van der Waals surface area (Å²) in [5.41, 5.74) is 0.919. The van der Waals surface area contributed by atoms with E-state index in [0.717, 1.165) is 12.0 Å². The van der Waals surface area contributed by atoms with Gasteiger partial charge in [0.25, 0.3) is 0 Å². The Balaban J connectivity index is 0.000000686. The molecule has 3 heteroatoms. The highest BCUT2D eigenvalue weighted by Crippen LogP contribution is 2.33. The van der Waals surface area contributed by atoms with Gasteiger partial charge in [-0.05, 0) is 42.9 Å². The lowest BCUT2D eigenvalue weighted by Gasteiger charge is -2.09. The fourth-order valence-electron chi connectivity index (χ4n) is 1.42. The third-order valence-electron chi connectivity index (χ3n) is 2.63. The Kier molecular flexibility index (Phi) is 5.76. The highest BCUT2D eigenvalue weighted by Gasteiger charge is 2.22. The van der Waals surface area contributed by atoms with Crippen molar-refractivity contribution in [1.29, 1.82) is 0 Å². The first kappa shape index (κ1) is 14.3. The number of aryl methyl sites for hydroxylation is 1. The summed E-state index contributed by atoms with van der Waals surface area (Å²) in [6, 6.07) is 3.29. The Morgan fingerprint density at radius 3 is 2.53 bits per heavy atom. The zero-order valence-electron chi connectivity index (χ0n) is 10.7. The maximum atomic E-state index is 13.4. The van der Waals surface area contributed by atoms with E-state index in [-0.39, 0.29) is 10.8 Å². The van der Waals surface area contributed by atoms with E-state index >= 15 is 0 Å². The van der Waals surface area contributed by atoms with Gasteiger partial charge in [0.15, 0.2) is 0 Å². The monoisotopic (exact) mass is 258 g/mol. The van der Waals surface area contributed by atoms with E-state index in [1.807, 2.05) is 26.8 Å². The van der Waals surface area contributed by atoms with Crippen molar-refractivity contribution >= 4 is 11.6 Å². The molecule has 2 rings (SSSR count). The fourth-order valence-corrected chi connectivity index (χ4v) is 1.58. The summed E-state index contributed by atoms with van der Waals surface area (Å²) < 4.78 is 18.9. The van der Waals surface area contributed by atoms with Crippen LogP contribution in [0.4, 0.5) is 4.39 Å². The van der Waals surface area contributed by atoms with Crippen LogP contribution in [0.25, 0.3) is 0 Å². The van der Waals surface area contributed by atoms with Gasteiger partial charge in [-0.3, -0.25) is 0 Å². The lowest BCUT2D eigenvalue weighted by Crippen LogP contribution is -2.01. The van der Waals surface area contributed by atoms with E-state index in [1.54, 1.807) is 0 Å². The van der Waals surface area contributed by atoms with E-state index in [4.69, 9.17) is 16.3 Å². The Bertz CT molecular complexity index is 361. The minimum atomic E-state index is -0.387. The standard InChI is InChI=1S/C12H14ClFO.C2H6/c1-2-8-5-10(14)12(13)11(6-8)15-7-9-3-4-9;1-2/h5-6,9H,2-4,7H2,1H3;1-2H3. The molecule has 0 aromatic heterocycles. The van der Waals surface area contributed by atoms with Crippen LogP contribution in [0.5, 0.6) is 5.75 Å². The van der Waals surface area contributed by atoms with Crippen LogP contribution in [0.15, 0.2) is 12.1 Å². The molecule has 0 bridgehead atoms. The van der Waals surface area contributed by atoms with E-state index < -0.39 is 0 Å². The van der Waals surface area contributed by atoms with E-state index in [1.165, 1.54) is 18.9 Å². The highest BCUT2D eigenvalue weighted by molar-refractivity contribution is 6.32. The van der Waals surface area contributed by atoms with Gasteiger partial charge >= 0.3 is 0 Å². The number of hydrogen-bond donors (Lipinski definition) is 0. The molecule has 1 aliphatic carbocycles. The third kappa shape index (κ3) is 4.19. The molecule has 1 aromatic carbocycles. The number of hydrogen-bond acceptors (Lipinski definition) is 1. The zero-order chi connectivity index (χ0) is 12.8. The Hall–Kier alpha value is -0.760. The molecule has 0 atom stereocenters. The molecule has 0 amide bonds. The van der Waals surface area contributed by atoms with Crippen LogP contribution in [0.3, 0.4) is 0 Å². The predicted octanol–water partition coefficient (Wildman–Crippen LogP) is 4.86. The molecule has 0 spiro atoms. The lowest BCUT2D eigenvalue weighted by atomic mass is 10.1. The van der Waals surface area contributed by atoms with Gasteiger partial charge in [-0.1, -0.05) is 32.4 Å². The van der Waals surface area contributed by atoms with Gasteiger partial charge in [0.05, 0.1) is 6.61 Å². The van der Waals surface area contributed by atoms with Crippen molar-refractivity contribution in [2.24, 2.45) is 5.92 Å². The van der Waals surface area contributed by atoms with Crippen LogP contribution in [0.1, 0.15) is 39.2 Å². The van der Waals surface area contributed by atoms with Gasteiger partial charge in [0.2, 0.25) is 0 Å².